The number of carbonyl (C=O) groups excluding carboxylic acids is 1. The lowest BCUT2D eigenvalue weighted by Crippen LogP contribution is -2.17. The number of para-hydroxylation sites is 1. The number of nitrogens with one attached hydrogen (secondary N) is 1. The molecule has 1 aromatic carbocycles. The van der Waals surface area contributed by atoms with Gasteiger partial charge in [0.25, 0.3) is 0 Å². The van der Waals surface area contributed by atoms with Gasteiger partial charge in [-0.15, -0.1) is 0 Å². The van der Waals surface area contributed by atoms with Crippen LogP contribution >= 0.6 is 12.2 Å². The molecule has 18 heavy (non-hydrogen) atoms. The number of nitrogens with zero attached hydrogens (tertiary/aromatic N) is 4. The van der Waals surface area contributed by atoms with Crippen LogP contribution in [0.25, 0.3) is 5.69 Å². The number of H-pyrrole nitrogens is 1. The van der Waals surface area contributed by atoms with E-state index in [-0.39, 0.29) is 4.77 Å². The highest BCUT2D eigenvalue weighted by atomic mass is 32.1. The van der Waals surface area contributed by atoms with E-state index >= 15 is 0 Å². The molecule has 0 aliphatic carbocycles. The van der Waals surface area contributed by atoms with Crippen LogP contribution in [0, 0.1) is 4.77 Å². The number of tetrazole rings is 1. The van der Waals surface area contributed by atoms with Crippen LogP contribution in [0.4, 0.5) is 5.69 Å². The van der Waals surface area contributed by atoms with Gasteiger partial charge in [-0.2, -0.15) is 5.21 Å². The van der Waals surface area contributed by atoms with Gasteiger partial charge in [0.15, 0.2) is 0 Å². The number of amides is 1. The van der Waals surface area contributed by atoms with E-state index in [9.17, 15) is 4.79 Å². The second kappa shape index (κ2) is 4.96. The molecular formula is C10H11N5O2S. The van der Waals surface area contributed by atoms with Crippen molar-refractivity contribution < 1.29 is 9.53 Å². The fourth-order valence-electron chi connectivity index (χ4n) is 1.62. The highest BCUT2D eigenvalue weighted by Crippen LogP contribution is 2.32. The number of benzene rings is 1. The lowest BCUT2D eigenvalue weighted by atomic mass is 10.2. The Morgan fingerprint density at radius 1 is 1.56 bits per heavy atom. The van der Waals surface area contributed by atoms with Crippen LogP contribution in [0.5, 0.6) is 5.75 Å². The quantitative estimate of drug-likeness (QED) is 0.657. The Bertz CT molecular complexity index is 621. The molecule has 1 amide bonds. The highest BCUT2D eigenvalue weighted by molar-refractivity contribution is 7.71. The Balaban J connectivity index is 2.71. The van der Waals surface area contributed by atoms with Gasteiger partial charge < -0.3 is 9.64 Å². The summed E-state index contributed by atoms with van der Waals surface area (Å²) in [5, 5.41) is 9.96. The monoisotopic (exact) mass is 265 g/mol. The Hall–Kier alpha value is -2.22. The van der Waals surface area contributed by atoms with Crippen LogP contribution in [0.2, 0.25) is 0 Å². The number of hydrogen-bond acceptors (Lipinski definition) is 5. The van der Waals surface area contributed by atoms with Crippen LogP contribution in [-0.2, 0) is 4.79 Å². The maximum Gasteiger partial charge on any atom is 0.242 e. The summed E-state index contributed by atoms with van der Waals surface area (Å²) < 4.78 is 7.00. The molecule has 1 N–H and O–H groups in total. The number of aromatic nitrogens is 4. The standard InChI is InChI=1S/C10H11N5O2S/c1-14(6-16)9-7(4-3-5-8(9)17-2)15-10(18)11-12-13-15/h3-6H,1-2H3,(H,11,13,18). The minimum Gasteiger partial charge on any atom is -0.494 e. The summed E-state index contributed by atoms with van der Waals surface area (Å²) >= 11 is 5.04. The molecule has 0 spiro atoms. The molecule has 0 aliphatic rings. The van der Waals surface area contributed by atoms with Crippen molar-refractivity contribution in [3.63, 3.8) is 0 Å². The topological polar surface area (TPSA) is 76.0 Å². The Labute approximate surface area is 108 Å². The first-order valence-corrected chi connectivity index (χ1v) is 5.45. The van der Waals surface area contributed by atoms with Crippen molar-refractivity contribution in [2.75, 3.05) is 19.1 Å². The SMILES string of the molecule is COc1cccc(-n2[nH]nnc2=S)c1N(C)C=O. The number of anilines is 1. The zero-order valence-electron chi connectivity index (χ0n) is 9.82. The van der Waals surface area contributed by atoms with Gasteiger partial charge in [0.05, 0.1) is 12.8 Å². The van der Waals surface area contributed by atoms with Crippen LogP contribution in [0.3, 0.4) is 0 Å². The Kier molecular flexibility index (Phi) is 3.38. The molecule has 0 radical (unpaired) electrons. The molecule has 0 bridgehead atoms. The van der Waals surface area contributed by atoms with Gasteiger partial charge in [0.1, 0.15) is 11.4 Å². The normalized spacial score (nSPS) is 10.1. The van der Waals surface area contributed by atoms with Crippen molar-refractivity contribution in [2.24, 2.45) is 0 Å². The molecule has 2 aromatic rings. The molecule has 1 aromatic heterocycles. The Morgan fingerprint density at radius 3 is 2.89 bits per heavy atom. The highest BCUT2D eigenvalue weighted by Gasteiger charge is 2.15. The molecule has 0 unspecified atom stereocenters. The van der Waals surface area contributed by atoms with Crippen molar-refractivity contribution in [1.29, 1.82) is 0 Å². The van der Waals surface area contributed by atoms with E-state index in [0.29, 0.717) is 23.5 Å². The van der Waals surface area contributed by atoms with E-state index in [4.69, 9.17) is 17.0 Å². The second-order valence-electron chi connectivity index (χ2n) is 3.46. The van der Waals surface area contributed by atoms with Gasteiger partial charge in [-0.05, 0) is 24.4 Å². The van der Waals surface area contributed by atoms with Crippen molar-refractivity contribution in [3.8, 4) is 11.4 Å². The lowest BCUT2D eigenvalue weighted by molar-refractivity contribution is -0.107. The molecular weight excluding hydrogens is 254 g/mol. The first-order chi connectivity index (χ1) is 8.69. The third kappa shape index (κ3) is 1.97. The van der Waals surface area contributed by atoms with E-state index in [1.54, 1.807) is 25.2 Å². The smallest absolute Gasteiger partial charge is 0.242 e. The van der Waals surface area contributed by atoms with Crippen molar-refractivity contribution in [3.05, 3.63) is 23.0 Å². The van der Waals surface area contributed by atoms with Crippen molar-refractivity contribution in [1.82, 2.24) is 20.2 Å². The predicted molar refractivity (Wildman–Crippen MR) is 67.6 cm³/mol. The molecule has 0 fully saturated rings. The molecule has 7 nitrogen and oxygen atoms in total. The molecule has 2 rings (SSSR count). The van der Waals surface area contributed by atoms with E-state index in [2.05, 4.69) is 15.5 Å². The van der Waals surface area contributed by atoms with E-state index in [0.717, 1.165) is 0 Å². The number of aromatic amines is 1. The van der Waals surface area contributed by atoms with Gasteiger partial charge in [0, 0.05) is 7.05 Å². The number of ether oxygens (including phenoxy) is 1. The average Bonchev–Trinajstić information content (AvgIpc) is 2.83. The third-order valence-corrected chi connectivity index (χ3v) is 2.69. The van der Waals surface area contributed by atoms with Gasteiger partial charge in [-0.1, -0.05) is 16.4 Å². The number of carbonyl (C=O) groups is 1. The molecule has 0 aliphatic heterocycles. The van der Waals surface area contributed by atoms with Crippen molar-refractivity contribution in [2.45, 2.75) is 0 Å². The average molecular weight is 265 g/mol. The van der Waals surface area contributed by atoms with E-state index in [1.165, 1.54) is 16.7 Å². The molecule has 0 atom stereocenters. The maximum absolute atomic E-state index is 11.0. The van der Waals surface area contributed by atoms with E-state index < -0.39 is 0 Å². The summed E-state index contributed by atoms with van der Waals surface area (Å²) in [5.74, 6) is 0.554. The minimum atomic E-state index is 0.267. The van der Waals surface area contributed by atoms with Crippen molar-refractivity contribution >= 4 is 24.3 Å². The fraction of sp³-hybridized carbons (Fsp3) is 0.200. The molecule has 8 heteroatoms. The summed E-state index contributed by atoms with van der Waals surface area (Å²) in [5.41, 5.74) is 1.22. The van der Waals surface area contributed by atoms with Gasteiger partial charge in [0.2, 0.25) is 11.2 Å². The first kappa shape index (κ1) is 12.2. The van der Waals surface area contributed by atoms with Crippen LogP contribution in [-0.4, -0.2) is 40.8 Å². The Morgan fingerprint density at radius 2 is 2.33 bits per heavy atom. The van der Waals surface area contributed by atoms with Gasteiger partial charge in [-0.3, -0.25) is 4.79 Å². The summed E-state index contributed by atoms with van der Waals surface area (Å²) in [6.07, 6.45) is 0.689. The van der Waals surface area contributed by atoms with Gasteiger partial charge >= 0.3 is 0 Å². The van der Waals surface area contributed by atoms with Gasteiger partial charge in [-0.25, -0.2) is 4.68 Å². The molecule has 94 valence electrons. The number of hydrogen-bond donors (Lipinski definition) is 1. The summed E-state index contributed by atoms with van der Waals surface area (Å²) in [7, 11) is 3.16. The zero-order chi connectivity index (χ0) is 13.1. The third-order valence-electron chi connectivity index (χ3n) is 2.42. The minimum absolute atomic E-state index is 0.267. The number of methoxy groups -OCH3 is 1. The second-order valence-corrected chi connectivity index (χ2v) is 3.83. The number of rotatable bonds is 4. The summed E-state index contributed by atoms with van der Waals surface area (Å²) in [6, 6.07) is 5.33. The molecule has 0 saturated carbocycles. The maximum atomic E-state index is 11.0. The van der Waals surface area contributed by atoms with Crippen LogP contribution in [0.1, 0.15) is 0 Å². The van der Waals surface area contributed by atoms with Crippen LogP contribution < -0.4 is 9.64 Å². The van der Waals surface area contributed by atoms with E-state index in [1.807, 2.05) is 0 Å². The molecule has 0 saturated heterocycles. The molecule has 1 heterocycles. The summed E-state index contributed by atoms with van der Waals surface area (Å²) in [6.45, 7) is 0. The fourth-order valence-corrected chi connectivity index (χ4v) is 1.80. The predicted octanol–water partition coefficient (Wildman–Crippen LogP) is 0.926. The first-order valence-electron chi connectivity index (χ1n) is 5.04. The lowest BCUT2D eigenvalue weighted by Gasteiger charge is -2.18. The largest absolute Gasteiger partial charge is 0.494 e. The summed E-state index contributed by atoms with van der Waals surface area (Å²) in [4.78, 5) is 12.4. The zero-order valence-corrected chi connectivity index (χ0v) is 10.6. The van der Waals surface area contributed by atoms with Crippen LogP contribution in [0.15, 0.2) is 18.2 Å².